The number of thiazole rings is 1. The Morgan fingerprint density at radius 3 is 2.75 bits per heavy atom. The van der Waals surface area contributed by atoms with Gasteiger partial charge in [-0.25, -0.2) is 4.98 Å². The molecule has 1 aromatic carbocycles. The fourth-order valence-corrected chi connectivity index (χ4v) is 4.02. The summed E-state index contributed by atoms with van der Waals surface area (Å²) in [5.74, 6) is 0.886. The van der Waals surface area contributed by atoms with Crippen LogP contribution in [0.3, 0.4) is 0 Å². The molecule has 1 fully saturated rings. The predicted molar refractivity (Wildman–Crippen MR) is 115 cm³/mol. The van der Waals surface area contributed by atoms with Crippen molar-refractivity contribution in [1.82, 2.24) is 20.2 Å². The van der Waals surface area contributed by atoms with Gasteiger partial charge >= 0.3 is 0 Å². The maximum Gasteiger partial charge on any atom is 0.140 e. The van der Waals surface area contributed by atoms with Gasteiger partial charge in [-0.2, -0.15) is 0 Å². The van der Waals surface area contributed by atoms with Crippen LogP contribution in [0.4, 0.5) is 0 Å². The zero-order chi connectivity index (χ0) is 18.5. The van der Waals surface area contributed by atoms with E-state index in [4.69, 9.17) is 9.72 Å². The van der Waals surface area contributed by atoms with E-state index in [-0.39, 0.29) is 12.4 Å². The van der Waals surface area contributed by atoms with E-state index in [2.05, 4.69) is 51.8 Å². The van der Waals surface area contributed by atoms with Crippen LogP contribution in [0, 0.1) is 6.92 Å². The topological polar surface area (TPSA) is 50.3 Å². The molecule has 148 valence electrons. The molecule has 28 heavy (non-hydrogen) atoms. The summed E-state index contributed by atoms with van der Waals surface area (Å²) < 4.78 is 5.86. The lowest BCUT2D eigenvalue weighted by atomic mass is 10.0. The highest BCUT2D eigenvalue weighted by Crippen LogP contribution is 2.24. The highest BCUT2D eigenvalue weighted by Gasteiger charge is 2.24. The number of hydrogen-bond donors (Lipinski definition) is 1. The second-order valence-electron chi connectivity index (χ2n) is 6.81. The van der Waals surface area contributed by atoms with Gasteiger partial charge in [0.1, 0.15) is 17.4 Å². The van der Waals surface area contributed by atoms with E-state index >= 15 is 0 Å². The number of ether oxygens (including phenoxy) is 1. The molecule has 1 unspecified atom stereocenters. The Balaban J connectivity index is 0.00000225. The molecule has 4 rings (SSSR count). The Bertz CT molecular complexity index is 856. The highest BCUT2D eigenvalue weighted by molar-refractivity contribution is 7.09. The van der Waals surface area contributed by atoms with Crippen molar-refractivity contribution in [1.29, 1.82) is 0 Å². The van der Waals surface area contributed by atoms with E-state index in [0.29, 0.717) is 12.6 Å². The van der Waals surface area contributed by atoms with Crippen molar-refractivity contribution < 1.29 is 4.74 Å². The summed E-state index contributed by atoms with van der Waals surface area (Å²) in [7, 11) is 0. The van der Waals surface area contributed by atoms with Gasteiger partial charge in [-0.05, 0) is 36.8 Å². The quantitative estimate of drug-likeness (QED) is 0.658. The van der Waals surface area contributed by atoms with Crippen molar-refractivity contribution in [3.8, 4) is 5.75 Å². The molecule has 1 atom stereocenters. The average Bonchev–Trinajstić information content (AvgIpc) is 3.16. The van der Waals surface area contributed by atoms with Crippen LogP contribution in [0.5, 0.6) is 5.75 Å². The van der Waals surface area contributed by atoms with E-state index < -0.39 is 0 Å². The highest BCUT2D eigenvalue weighted by atomic mass is 35.5. The summed E-state index contributed by atoms with van der Waals surface area (Å²) in [5.41, 5.74) is 3.65. The summed E-state index contributed by atoms with van der Waals surface area (Å²) in [6.45, 7) is 6.43. The van der Waals surface area contributed by atoms with E-state index in [0.717, 1.165) is 42.6 Å². The number of aromatic nitrogens is 2. The Morgan fingerprint density at radius 1 is 1.18 bits per heavy atom. The Morgan fingerprint density at radius 2 is 1.96 bits per heavy atom. The van der Waals surface area contributed by atoms with Crippen LogP contribution in [0.2, 0.25) is 0 Å². The zero-order valence-corrected chi connectivity index (χ0v) is 17.5. The predicted octanol–water partition coefficient (Wildman–Crippen LogP) is 3.99. The molecular formula is C21H25ClN4OS. The summed E-state index contributed by atoms with van der Waals surface area (Å²) in [6, 6.07) is 12.7. The van der Waals surface area contributed by atoms with Crippen molar-refractivity contribution in [3.05, 3.63) is 76.0 Å². The lowest BCUT2D eigenvalue weighted by molar-refractivity contribution is 0.152. The first-order valence-electron chi connectivity index (χ1n) is 9.25. The minimum Gasteiger partial charge on any atom is -0.486 e. The monoisotopic (exact) mass is 416 g/mol. The number of nitrogens with zero attached hydrogens (tertiary/aromatic N) is 3. The number of halogens is 1. The van der Waals surface area contributed by atoms with Gasteiger partial charge < -0.3 is 10.1 Å². The van der Waals surface area contributed by atoms with Crippen LogP contribution >= 0.6 is 23.7 Å². The van der Waals surface area contributed by atoms with Crippen molar-refractivity contribution in [2.24, 2.45) is 0 Å². The van der Waals surface area contributed by atoms with Gasteiger partial charge in [-0.1, -0.05) is 17.7 Å². The average molecular weight is 417 g/mol. The molecule has 0 bridgehead atoms. The number of aryl methyl sites for hydroxylation is 1. The maximum atomic E-state index is 5.86. The van der Waals surface area contributed by atoms with Gasteiger partial charge in [0.2, 0.25) is 0 Å². The summed E-state index contributed by atoms with van der Waals surface area (Å²) in [4.78, 5) is 11.4. The minimum absolute atomic E-state index is 0. The summed E-state index contributed by atoms with van der Waals surface area (Å²) in [5, 5.41) is 6.66. The van der Waals surface area contributed by atoms with Gasteiger partial charge in [0.05, 0.1) is 5.69 Å². The Labute approximate surface area is 176 Å². The molecule has 3 aromatic rings. The van der Waals surface area contributed by atoms with Crippen LogP contribution in [-0.4, -0.2) is 34.5 Å². The van der Waals surface area contributed by atoms with Crippen LogP contribution < -0.4 is 10.1 Å². The van der Waals surface area contributed by atoms with E-state index in [1.54, 1.807) is 11.3 Å². The Kier molecular flexibility index (Phi) is 7.39. The maximum absolute atomic E-state index is 5.86. The third kappa shape index (κ3) is 5.29. The second kappa shape index (κ2) is 9.98. The lowest BCUT2D eigenvalue weighted by Crippen LogP contribution is -2.45. The molecule has 2 aromatic heterocycles. The molecule has 3 heterocycles. The first-order valence-corrected chi connectivity index (χ1v) is 10.1. The third-order valence-electron chi connectivity index (χ3n) is 4.79. The first kappa shape index (κ1) is 20.7. The number of rotatable bonds is 6. The van der Waals surface area contributed by atoms with E-state index in [9.17, 15) is 0 Å². The molecule has 0 amide bonds. The van der Waals surface area contributed by atoms with E-state index in [1.165, 1.54) is 11.1 Å². The van der Waals surface area contributed by atoms with Crippen molar-refractivity contribution in [2.45, 2.75) is 26.1 Å². The standard InChI is InChI=1S/C21H24N4OS.ClH/c1-16-2-4-19(5-3-16)26-14-21-24-18(15-27-21)13-25-11-10-23-12-20(25)17-6-8-22-9-7-17;/h2-9,15,20,23H,10-14H2,1H3;1H. The zero-order valence-electron chi connectivity index (χ0n) is 15.9. The molecule has 5 nitrogen and oxygen atoms in total. The van der Waals surface area contributed by atoms with Gasteiger partial charge in [-0.3, -0.25) is 9.88 Å². The van der Waals surface area contributed by atoms with Crippen LogP contribution in [0.25, 0.3) is 0 Å². The second-order valence-corrected chi connectivity index (χ2v) is 7.75. The molecule has 0 radical (unpaired) electrons. The fraction of sp³-hybridized carbons (Fsp3) is 0.333. The SMILES string of the molecule is Cc1ccc(OCc2nc(CN3CCNCC3c3ccncc3)cs2)cc1.Cl. The Hall–Kier alpha value is -1.99. The van der Waals surface area contributed by atoms with Gasteiger partial charge in [0, 0.05) is 50.0 Å². The van der Waals surface area contributed by atoms with Crippen LogP contribution in [0.1, 0.15) is 27.9 Å². The normalized spacial score (nSPS) is 17.1. The molecule has 1 N–H and O–H groups in total. The number of hydrogen-bond acceptors (Lipinski definition) is 6. The summed E-state index contributed by atoms with van der Waals surface area (Å²) >= 11 is 1.67. The molecule has 1 aliphatic rings. The fourth-order valence-electron chi connectivity index (χ4n) is 3.33. The molecular weight excluding hydrogens is 392 g/mol. The number of nitrogens with one attached hydrogen (secondary N) is 1. The van der Waals surface area contributed by atoms with Crippen LogP contribution in [0.15, 0.2) is 54.2 Å². The number of piperazine rings is 1. The number of benzene rings is 1. The molecule has 0 spiro atoms. The number of pyridine rings is 1. The van der Waals surface area contributed by atoms with E-state index in [1.807, 2.05) is 24.5 Å². The first-order chi connectivity index (χ1) is 13.3. The minimum atomic E-state index is 0. The molecule has 7 heteroatoms. The molecule has 1 saturated heterocycles. The van der Waals surface area contributed by atoms with Gasteiger partial charge in [0.25, 0.3) is 0 Å². The lowest BCUT2D eigenvalue weighted by Gasteiger charge is -2.36. The van der Waals surface area contributed by atoms with Crippen molar-refractivity contribution >= 4 is 23.7 Å². The van der Waals surface area contributed by atoms with Crippen LogP contribution in [-0.2, 0) is 13.2 Å². The largest absolute Gasteiger partial charge is 0.486 e. The van der Waals surface area contributed by atoms with Crippen molar-refractivity contribution in [3.63, 3.8) is 0 Å². The van der Waals surface area contributed by atoms with Gasteiger partial charge in [0.15, 0.2) is 0 Å². The molecule has 0 saturated carbocycles. The molecule has 1 aliphatic heterocycles. The molecule has 0 aliphatic carbocycles. The third-order valence-corrected chi connectivity index (χ3v) is 5.66. The van der Waals surface area contributed by atoms with Crippen molar-refractivity contribution in [2.75, 3.05) is 19.6 Å². The van der Waals surface area contributed by atoms with Gasteiger partial charge in [-0.15, -0.1) is 23.7 Å². The smallest absolute Gasteiger partial charge is 0.140 e. The summed E-state index contributed by atoms with van der Waals surface area (Å²) in [6.07, 6.45) is 3.73.